The van der Waals surface area contributed by atoms with Crippen LogP contribution in [0.1, 0.15) is 5.69 Å². The van der Waals surface area contributed by atoms with Gasteiger partial charge in [0.2, 0.25) is 12.0 Å². The second-order valence-corrected chi connectivity index (χ2v) is 5.79. The monoisotopic (exact) mass is 446 g/mol. The Morgan fingerprint density at radius 1 is 1.44 bits per heavy atom. The summed E-state index contributed by atoms with van der Waals surface area (Å²) in [4.78, 5) is 15.2. The Kier molecular flexibility index (Phi) is 7.60. The van der Waals surface area contributed by atoms with E-state index < -0.39 is 18.0 Å². The molecule has 0 aliphatic rings. The summed E-state index contributed by atoms with van der Waals surface area (Å²) in [6.45, 7) is 0.391. The minimum Gasteiger partial charge on any atom is -0.466 e. The number of aliphatic hydroxyl groups excluding tert-OH is 1. The van der Waals surface area contributed by atoms with Crippen molar-refractivity contribution in [1.29, 1.82) is 0 Å². The molecule has 1 aromatic carbocycles. The summed E-state index contributed by atoms with van der Waals surface area (Å²) in [7, 11) is 1.15. The first-order chi connectivity index (χ1) is 13.0. The summed E-state index contributed by atoms with van der Waals surface area (Å²) in [5.41, 5.74) is 2.27. The maximum Gasteiger partial charge on any atom is 0.350 e. The number of halogens is 2. The number of hydroxylamine groups is 1. The van der Waals surface area contributed by atoms with Gasteiger partial charge in [0, 0.05) is 13.1 Å². The van der Waals surface area contributed by atoms with Crippen molar-refractivity contribution in [3.8, 4) is 0 Å². The number of nitrogens with one attached hydrogen (secondary N) is 3. The van der Waals surface area contributed by atoms with Crippen LogP contribution >= 0.6 is 15.9 Å². The molecule has 2 rings (SSSR count). The summed E-state index contributed by atoms with van der Waals surface area (Å²) in [5, 5.41) is 31.4. The van der Waals surface area contributed by atoms with Crippen molar-refractivity contribution in [1.82, 2.24) is 21.1 Å². The zero-order chi connectivity index (χ0) is 19.8. The molecule has 5 N–H and O–H groups in total. The summed E-state index contributed by atoms with van der Waals surface area (Å²) < 4.78 is 22.5. The molecule has 0 fully saturated rings. The van der Waals surface area contributed by atoms with Crippen LogP contribution in [0.25, 0.3) is 0 Å². The Balaban J connectivity index is 2.04. The molecule has 0 saturated heterocycles. The smallest absolute Gasteiger partial charge is 0.350 e. The lowest BCUT2D eigenvalue weighted by Crippen LogP contribution is -2.39. The Hall–Kier alpha value is -2.61. The number of esters is 1. The van der Waals surface area contributed by atoms with Crippen molar-refractivity contribution in [3.05, 3.63) is 34.2 Å². The molecule has 1 heterocycles. The normalized spacial score (nSPS) is 12.6. The molecule has 0 aliphatic heterocycles. The number of carbonyl (C=O) groups is 1. The van der Waals surface area contributed by atoms with E-state index in [1.165, 1.54) is 18.2 Å². The standard InChI is InChI=1S/C14H16BrFN6O5/c1-26-14(24)13(23)18-5-4-17-11-10(21-27-22-11)12(20-25)19-7-2-3-9(16)8(15)6-7/h2-3,6,13,18,23,25H,4-5H2,1H3,(H,17,22)(H,19,20). The number of carbonyl (C=O) groups excluding carboxylic acids is 1. The second kappa shape index (κ2) is 9.91. The largest absolute Gasteiger partial charge is 0.466 e. The zero-order valence-electron chi connectivity index (χ0n) is 13.9. The predicted octanol–water partition coefficient (Wildman–Crippen LogP) is 0.521. The van der Waals surface area contributed by atoms with Crippen LogP contribution in [-0.4, -0.2) is 58.9 Å². The zero-order valence-corrected chi connectivity index (χ0v) is 15.5. The molecule has 0 saturated carbocycles. The molecule has 0 spiro atoms. The van der Waals surface area contributed by atoms with E-state index in [1.54, 1.807) is 0 Å². The van der Waals surface area contributed by atoms with Crippen LogP contribution in [0.2, 0.25) is 0 Å². The number of amidine groups is 1. The predicted molar refractivity (Wildman–Crippen MR) is 94.0 cm³/mol. The van der Waals surface area contributed by atoms with Crippen LogP contribution in [0.15, 0.2) is 32.3 Å². The molecule has 13 heteroatoms. The highest BCUT2D eigenvalue weighted by molar-refractivity contribution is 9.10. The average molecular weight is 447 g/mol. The van der Waals surface area contributed by atoms with Crippen molar-refractivity contribution < 1.29 is 28.9 Å². The van der Waals surface area contributed by atoms with Gasteiger partial charge in [-0.1, -0.05) is 0 Å². The lowest BCUT2D eigenvalue weighted by atomic mass is 10.3. The Labute approximate surface area is 160 Å². The summed E-state index contributed by atoms with van der Waals surface area (Å²) in [5.74, 6) is -1.23. The van der Waals surface area contributed by atoms with Gasteiger partial charge in [-0.05, 0) is 44.4 Å². The fourth-order valence-corrected chi connectivity index (χ4v) is 2.23. The number of aliphatic hydroxyl groups is 1. The number of rotatable bonds is 8. The molecule has 2 aromatic rings. The SMILES string of the molecule is COC(=O)C(O)NCCNc1nonc1C(=Nc1ccc(F)c(Br)c1)NO. The van der Waals surface area contributed by atoms with Gasteiger partial charge in [-0.15, -0.1) is 0 Å². The second-order valence-electron chi connectivity index (χ2n) is 4.94. The summed E-state index contributed by atoms with van der Waals surface area (Å²) >= 11 is 3.04. The number of aromatic nitrogens is 2. The number of nitrogens with zero attached hydrogens (tertiary/aromatic N) is 3. The quantitative estimate of drug-likeness (QED) is 0.0967. The molecule has 0 bridgehead atoms. The van der Waals surface area contributed by atoms with E-state index in [2.05, 4.69) is 51.2 Å². The lowest BCUT2D eigenvalue weighted by Gasteiger charge is -2.10. The topological polar surface area (TPSA) is 154 Å². The lowest BCUT2D eigenvalue weighted by molar-refractivity contribution is -0.152. The highest BCUT2D eigenvalue weighted by Gasteiger charge is 2.17. The van der Waals surface area contributed by atoms with Gasteiger partial charge in [-0.3, -0.25) is 16.0 Å². The molecule has 1 atom stereocenters. The van der Waals surface area contributed by atoms with Crippen LogP contribution < -0.4 is 16.1 Å². The van der Waals surface area contributed by atoms with Crippen molar-refractivity contribution in [2.75, 3.05) is 25.5 Å². The van der Waals surface area contributed by atoms with E-state index in [-0.39, 0.29) is 34.9 Å². The van der Waals surface area contributed by atoms with Gasteiger partial charge >= 0.3 is 5.97 Å². The molecule has 27 heavy (non-hydrogen) atoms. The third-order valence-corrected chi connectivity index (χ3v) is 3.75. The number of hydrogen-bond donors (Lipinski definition) is 5. The fraction of sp³-hybridized carbons (Fsp3) is 0.286. The van der Waals surface area contributed by atoms with Crippen molar-refractivity contribution in [2.45, 2.75) is 6.23 Å². The van der Waals surface area contributed by atoms with E-state index in [1.807, 2.05) is 5.48 Å². The number of methoxy groups -OCH3 is 1. The minimum absolute atomic E-state index is 0.0615. The van der Waals surface area contributed by atoms with Gasteiger partial charge in [-0.25, -0.2) is 18.8 Å². The van der Waals surface area contributed by atoms with Gasteiger partial charge in [0.05, 0.1) is 17.3 Å². The molecule has 0 radical (unpaired) electrons. The van der Waals surface area contributed by atoms with Crippen LogP contribution in [0.4, 0.5) is 15.9 Å². The van der Waals surface area contributed by atoms with Crippen LogP contribution in [-0.2, 0) is 9.53 Å². The first-order valence-electron chi connectivity index (χ1n) is 7.46. The number of ether oxygens (including phenoxy) is 1. The molecule has 0 amide bonds. The van der Waals surface area contributed by atoms with Crippen LogP contribution in [0.3, 0.4) is 0 Å². The van der Waals surface area contributed by atoms with E-state index in [9.17, 15) is 19.5 Å². The van der Waals surface area contributed by atoms with E-state index >= 15 is 0 Å². The van der Waals surface area contributed by atoms with Crippen molar-refractivity contribution in [2.24, 2.45) is 4.99 Å². The summed E-state index contributed by atoms with van der Waals surface area (Å²) in [6.07, 6.45) is -1.46. The first-order valence-corrected chi connectivity index (χ1v) is 8.25. The molecule has 146 valence electrons. The molecular formula is C14H16BrFN6O5. The third kappa shape index (κ3) is 5.68. The number of anilines is 1. The van der Waals surface area contributed by atoms with E-state index in [0.717, 1.165) is 7.11 Å². The number of hydrogen-bond acceptors (Lipinski definition) is 10. The van der Waals surface area contributed by atoms with Crippen molar-refractivity contribution in [3.63, 3.8) is 0 Å². The molecule has 11 nitrogen and oxygen atoms in total. The van der Waals surface area contributed by atoms with Crippen molar-refractivity contribution >= 4 is 39.2 Å². The Morgan fingerprint density at radius 2 is 2.22 bits per heavy atom. The molecule has 0 aliphatic carbocycles. The van der Waals surface area contributed by atoms with Gasteiger partial charge in [0.25, 0.3) is 0 Å². The maximum absolute atomic E-state index is 13.3. The first kappa shape index (κ1) is 20.7. The maximum atomic E-state index is 13.3. The van der Waals surface area contributed by atoms with Gasteiger partial charge in [0.15, 0.2) is 11.5 Å². The highest BCUT2D eigenvalue weighted by Crippen LogP contribution is 2.23. The molecule has 1 aromatic heterocycles. The Bertz CT molecular complexity index is 817. The van der Waals surface area contributed by atoms with Gasteiger partial charge in [-0.2, -0.15) is 0 Å². The molecule has 1 unspecified atom stereocenters. The Morgan fingerprint density at radius 3 is 2.89 bits per heavy atom. The minimum atomic E-state index is -1.46. The fourth-order valence-electron chi connectivity index (χ4n) is 1.86. The van der Waals surface area contributed by atoms with E-state index in [0.29, 0.717) is 5.69 Å². The third-order valence-electron chi connectivity index (χ3n) is 3.14. The number of aliphatic imine (C=N–C) groups is 1. The van der Waals surface area contributed by atoms with Crippen LogP contribution in [0.5, 0.6) is 0 Å². The highest BCUT2D eigenvalue weighted by atomic mass is 79.9. The average Bonchev–Trinajstić information content (AvgIpc) is 3.13. The molecular weight excluding hydrogens is 431 g/mol. The summed E-state index contributed by atoms with van der Waals surface area (Å²) in [6, 6.07) is 4.01. The number of benzene rings is 1. The van der Waals surface area contributed by atoms with Crippen LogP contribution in [0, 0.1) is 5.82 Å². The van der Waals surface area contributed by atoms with Gasteiger partial charge < -0.3 is 15.2 Å². The van der Waals surface area contributed by atoms with Gasteiger partial charge in [0.1, 0.15) is 5.82 Å². The van der Waals surface area contributed by atoms with E-state index in [4.69, 9.17) is 0 Å².